The number of hydrogen-bond acceptors (Lipinski definition) is 2. The van der Waals surface area contributed by atoms with E-state index >= 15 is 0 Å². The zero-order valence-electron chi connectivity index (χ0n) is 27.1. The van der Waals surface area contributed by atoms with Crippen molar-refractivity contribution in [3.8, 4) is 50.3 Å². The molecule has 0 amide bonds. The Kier molecular flexibility index (Phi) is 6.71. The highest BCUT2D eigenvalue weighted by molar-refractivity contribution is 7.26. The predicted molar refractivity (Wildman–Crippen MR) is 213 cm³/mol. The molecule has 0 aliphatic rings. The molecule has 0 saturated heterocycles. The van der Waals surface area contributed by atoms with Gasteiger partial charge in [-0.25, -0.2) is 0 Å². The summed E-state index contributed by atoms with van der Waals surface area (Å²) in [6.45, 7) is 0. The van der Waals surface area contributed by atoms with Gasteiger partial charge in [0, 0.05) is 49.1 Å². The maximum absolute atomic E-state index is 5.17. The third-order valence-electron chi connectivity index (χ3n) is 9.85. The number of pyridine rings is 1. The van der Waals surface area contributed by atoms with Crippen molar-refractivity contribution in [3.05, 3.63) is 182 Å². The Morgan fingerprint density at radius 1 is 0.400 bits per heavy atom. The number of thiophene rings is 1. The molecule has 3 heteroatoms. The van der Waals surface area contributed by atoms with E-state index in [1.165, 1.54) is 58.8 Å². The van der Waals surface area contributed by atoms with Gasteiger partial charge in [0.05, 0.1) is 27.1 Å². The maximum atomic E-state index is 5.17. The summed E-state index contributed by atoms with van der Waals surface area (Å²) in [6.07, 6.45) is 2.01. The third-order valence-corrected chi connectivity index (χ3v) is 11.1. The number of hydrogen-bond donors (Lipinski definition) is 0. The van der Waals surface area contributed by atoms with E-state index in [0.717, 1.165) is 33.5 Å². The second-order valence-corrected chi connectivity index (χ2v) is 13.8. The van der Waals surface area contributed by atoms with Crippen LogP contribution in [0.15, 0.2) is 182 Å². The molecule has 0 atom stereocenters. The van der Waals surface area contributed by atoms with E-state index in [1.807, 2.05) is 17.5 Å². The topological polar surface area (TPSA) is 17.8 Å². The molecule has 3 heterocycles. The molecule has 50 heavy (non-hydrogen) atoms. The Labute approximate surface area is 294 Å². The van der Waals surface area contributed by atoms with Crippen LogP contribution in [0.1, 0.15) is 0 Å². The van der Waals surface area contributed by atoms with Crippen LogP contribution in [0.3, 0.4) is 0 Å². The van der Waals surface area contributed by atoms with Crippen LogP contribution in [-0.4, -0.2) is 9.55 Å². The fourth-order valence-electron chi connectivity index (χ4n) is 7.47. The van der Waals surface area contributed by atoms with Gasteiger partial charge in [-0.15, -0.1) is 11.3 Å². The van der Waals surface area contributed by atoms with Crippen molar-refractivity contribution in [2.45, 2.75) is 0 Å². The van der Waals surface area contributed by atoms with Crippen LogP contribution in [0.25, 0.3) is 92.3 Å². The lowest BCUT2D eigenvalue weighted by molar-refractivity contribution is 1.20. The fourth-order valence-corrected chi connectivity index (χ4v) is 8.67. The van der Waals surface area contributed by atoms with Crippen LogP contribution in [0.4, 0.5) is 0 Å². The average Bonchev–Trinajstić information content (AvgIpc) is 3.74. The Morgan fingerprint density at radius 3 is 1.84 bits per heavy atom. The molecule has 0 aliphatic carbocycles. The molecule has 0 bridgehead atoms. The largest absolute Gasteiger partial charge is 0.308 e. The Balaban J connectivity index is 1.24. The molecule has 0 N–H and O–H groups in total. The minimum Gasteiger partial charge on any atom is -0.308 e. The molecule has 0 fully saturated rings. The molecule has 0 aliphatic heterocycles. The monoisotopic (exact) mass is 654 g/mol. The van der Waals surface area contributed by atoms with E-state index in [0.29, 0.717) is 0 Å². The van der Waals surface area contributed by atoms with Crippen molar-refractivity contribution in [2.24, 2.45) is 0 Å². The molecule has 2 nitrogen and oxygen atoms in total. The highest BCUT2D eigenvalue weighted by Crippen LogP contribution is 2.43. The first-order valence-corrected chi connectivity index (χ1v) is 17.8. The normalized spacial score (nSPS) is 11.6. The van der Waals surface area contributed by atoms with Gasteiger partial charge < -0.3 is 4.57 Å². The quantitative estimate of drug-likeness (QED) is 0.181. The Hall–Kier alpha value is -6.29. The van der Waals surface area contributed by atoms with E-state index in [4.69, 9.17) is 4.98 Å². The minimum absolute atomic E-state index is 0.978. The SMILES string of the molecule is c1ccc(-c2cnc(-c3ccc4c(c3)c3ccc(-c5ccccc5)cc3n4-c3cccc4c3sc3ccccc34)c(-c3ccccc3)c2)cc1. The van der Waals surface area contributed by atoms with E-state index in [9.17, 15) is 0 Å². The van der Waals surface area contributed by atoms with Crippen LogP contribution in [0, 0.1) is 0 Å². The van der Waals surface area contributed by atoms with Crippen molar-refractivity contribution in [2.75, 3.05) is 0 Å². The summed E-state index contributed by atoms with van der Waals surface area (Å²) >= 11 is 1.87. The number of rotatable bonds is 5. The van der Waals surface area contributed by atoms with Gasteiger partial charge in [0.1, 0.15) is 0 Å². The summed E-state index contributed by atoms with van der Waals surface area (Å²) in [5.41, 5.74) is 12.6. The van der Waals surface area contributed by atoms with Gasteiger partial charge in [-0.1, -0.05) is 140 Å². The molecule has 10 rings (SSSR count). The molecule has 0 saturated carbocycles. The number of aromatic nitrogens is 2. The van der Waals surface area contributed by atoms with Gasteiger partial charge in [0.15, 0.2) is 0 Å². The maximum Gasteiger partial charge on any atom is 0.0780 e. The molecule has 0 spiro atoms. The van der Waals surface area contributed by atoms with Gasteiger partial charge in [0.25, 0.3) is 0 Å². The molecule has 234 valence electrons. The second kappa shape index (κ2) is 11.7. The van der Waals surface area contributed by atoms with Gasteiger partial charge in [-0.2, -0.15) is 0 Å². The summed E-state index contributed by atoms with van der Waals surface area (Å²) < 4.78 is 5.08. The summed E-state index contributed by atoms with van der Waals surface area (Å²) in [5, 5.41) is 5.04. The molecule has 3 aromatic heterocycles. The van der Waals surface area contributed by atoms with Crippen LogP contribution in [0.5, 0.6) is 0 Å². The van der Waals surface area contributed by atoms with Crippen molar-refractivity contribution in [1.29, 1.82) is 0 Å². The average molecular weight is 655 g/mol. The zero-order valence-corrected chi connectivity index (χ0v) is 27.9. The van der Waals surface area contributed by atoms with Crippen molar-refractivity contribution < 1.29 is 0 Å². The van der Waals surface area contributed by atoms with E-state index in [-0.39, 0.29) is 0 Å². The predicted octanol–water partition coefficient (Wildman–Crippen LogP) is 13.2. The molecule has 7 aromatic carbocycles. The smallest absolute Gasteiger partial charge is 0.0780 e. The third kappa shape index (κ3) is 4.67. The van der Waals surface area contributed by atoms with Crippen LogP contribution >= 0.6 is 11.3 Å². The van der Waals surface area contributed by atoms with E-state index < -0.39 is 0 Å². The van der Waals surface area contributed by atoms with Crippen molar-refractivity contribution in [1.82, 2.24) is 9.55 Å². The first-order chi connectivity index (χ1) is 24.8. The Morgan fingerprint density at radius 2 is 1.06 bits per heavy atom. The van der Waals surface area contributed by atoms with Crippen molar-refractivity contribution in [3.63, 3.8) is 0 Å². The van der Waals surface area contributed by atoms with E-state index in [1.54, 1.807) is 0 Å². The molecular weight excluding hydrogens is 625 g/mol. The number of nitrogens with zero attached hydrogens (tertiary/aromatic N) is 2. The molecule has 0 unspecified atom stereocenters. The fraction of sp³-hybridized carbons (Fsp3) is 0. The Bertz CT molecular complexity index is 2850. The molecular formula is C47H30N2S. The lowest BCUT2D eigenvalue weighted by atomic mass is 9.95. The zero-order chi connectivity index (χ0) is 33.0. The molecule has 0 radical (unpaired) electrons. The lowest BCUT2D eigenvalue weighted by Gasteiger charge is -2.13. The second-order valence-electron chi connectivity index (χ2n) is 12.8. The van der Waals surface area contributed by atoms with Gasteiger partial charge in [0.2, 0.25) is 0 Å². The lowest BCUT2D eigenvalue weighted by Crippen LogP contribution is -1.95. The van der Waals surface area contributed by atoms with Gasteiger partial charge >= 0.3 is 0 Å². The number of benzene rings is 7. The summed E-state index contributed by atoms with van der Waals surface area (Å²) in [5.74, 6) is 0. The van der Waals surface area contributed by atoms with Crippen molar-refractivity contribution >= 4 is 53.3 Å². The number of fused-ring (bicyclic) bond motifs is 6. The van der Waals surface area contributed by atoms with Crippen LogP contribution < -0.4 is 0 Å². The summed E-state index contributed by atoms with van der Waals surface area (Å²) in [7, 11) is 0. The highest BCUT2D eigenvalue weighted by Gasteiger charge is 2.19. The van der Waals surface area contributed by atoms with Gasteiger partial charge in [-0.05, 0) is 58.7 Å². The van der Waals surface area contributed by atoms with E-state index in [2.05, 4.69) is 180 Å². The standard InChI is InChI=1S/C47H30N2S/c1-4-13-31(14-5-1)34-23-25-37-41-27-35(46-40(33-17-8-3-9-18-33)28-36(30-48-46)32-15-6-2-7-16-32)24-26-42(41)49(44(37)29-34)43-21-12-20-39-38-19-10-11-22-45(38)50-47(39)43/h1-30H. The first-order valence-electron chi connectivity index (χ1n) is 17.0. The molecule has 10 aromatic rings. The van der Waals surface area contributed by atoms with Gasteiger partial charge in [-0.3, -0.25) is 4.98 Å². The first kappa shape index (κ1) is 28.7. The highest BCUT2D eigenvalue weighted by atomic mass is 32.1. The van der Waals surface area contributed by atoms with Crippen LogP contribution in [0.2, 0.25) is 0 Å². The van der Waals surface area contributed by atoms with Crippen LogP contribution in [-0.2, 0) is 0 Å². The summed E-state index contributed by atoms with van der Waals surface area (Å²) in [4.78, 5) is 5.17. The minimum atomic E-state index is 0.978. The summed E-state index contributed by atoms with van der Waals surface area (Å²) in [6, 6.07) is 63.4.